The quantitative estimate of drug-likeness (QED) is 0.804. The van der Waals surface area contributed by atoms with Gasteiger partial charge in [0.25, 0.3) is 0 Å². The van der Waals surface area contributed by atoms with Gasteiger partial charge < -0.3 is 10.2 Å². The van der Waals surface area contributed by atoms with E-state index in [0.29, 0.717) is 12.0 Å². The molecule has 0 aliphatic carbocycles. The number of halogens is 3. The number of aromatic hydroxyl groups is 1. The molecule has 0 heterocycles. The van der Waals surface area contributed by atoms with Crippen molar-refractivity contribution in [1.29, 1.82) is 0 Å². The average molecular weight is 220 g/mol. The molecular formula is C10H11F3O2. The standard InChI is InChI=1S/C10H11F3O2/c1-2-6-5-7(3-4-8(6)14)9(15)10(11,12)13/h3-5,9,14-15H,2H2,1H3/t9-/m0/s1. The number of aliphatic hydroxyl groups excluding tert-OH is 1. The van der Waals surface area contributed by atoms with Crippen molar-refractivity contribution < 1.29 is 23.4 Å². The first-order valence-corrected chi connectivity index (χ1v) is 4.42. The Kier molecular flexibility index (Phi) is 3.24. The number of hydrogen-bond donors (Lipinski definition) is 2. The van der Waals surface area contributed by atoms with Gasteiger partial charge in [-0.25, -0.2) is 0 Å². The van der Waals surface area contributed by atoms with Gasteiger partial charge in [0, 0.05) is 0 Å². The molecule has 0 aliphatic rings. The Morgan fingerprint density at radius 3 is 2.40 bits per heavy atom. The molecule has 0 spiro atoms. The third-order valence-electron chi connectivity index (χ3n) is 2.11. The highest BCUT2D eigenvalue weighted by molar-refractivity contribution is 5.37. The molecule has 0 aliphatic heterocycles. The van der Waals surface area contributed by atoms with Gasteiger partial charge in [-0.3, -0.25) is 0 Å². The van der Waals surface area contributed by atoms with Crippen molar-refractivity contribution in [2.24, 2.45) is 0 Å². The second-order valence-corrected chi connectivity index (χ2v) is 3.19. The highest BCUT2D eigenvalue weighted by Crippen LogP contribution is 2.34. The second kappa shape index (κ2) is 4.10. The average Bonchev–Trinajstić information content (AvgIpc) is 2.16. The summed E-state index contributed by atoms with van der Waals surface area (Å²) < 4.78 is 36.5. The first-order valence-electron chi connectivity index (χ1n) is 4.42. The fraction of sp³-hybridized carbons (Fsp3) is 0.400. The van der Waals surface area contributed by atoms with Crippen LogP contribution >= 0.6 is 0 Å². The van der Waals surface area contributed by atoms with Crippen LogP contribution in [0.2, 0.25) is 0 Å². The summed E-state index contributed by atoms with van der Waals surface area (Å²) in [4.78, 5) is 0. The summed E-state index contributed by atoms with van der Waals surface area (Å²) in [5.74, 6) is -0.0596. The van der Waals surface area contributed by atoms with Crippen molar-refractivity contribution in [2.45, 2.75) is 25.6 Å². The lowest BCUT2D eigenvalue weighted by atomic mass is 10.0. The molecule has 0 saturated carbocycles. The van der Waals surface area contributed by atoms with Crippen LogP contribution in [0.15, 0.2) is 18.2 Å². The molecule has 0 saturated heterocycles. The highest BCUT2D eigenvalue weighted by Gasteiger charge is 2.39. The lowest BCUT2D eigenvalue weighted by Crippen LogP contribution is -2.20. The van der Waals surface area contributed by atoms with Crippen LogP contribution in [0, 0.1) is 0 Å². The van der Waals surface area contributed by atoms with Crippen LogP contribution in [0.5, 0.6) is 5.75 Å². The van der Waals surface area contributed by atoms with Crippen LogP contribution in [0.3, 0.4) is 0 Å². The van der Waals surface area contributed by atoms with E-state index >= 15 is 0 Å². The smallest absolute Gasteiger partial charge is 0.418 e. The molecule has 2 nitrogen and oxygen atoms in total. The van der Waals surface area contributed by atoms with Crippen LogP contribution in [-0.2, 0) is 6.42 Å². The van der Waals surface area contributed by atoms with Crippen molar-refractivity contribution in [3.8, 4) is 5.75 Å². The van der Waals surface area contributed by atoms with Gasteiger partial charge in [-0.1, -0.05) is 13.0 Å². The van der Waals surface area contributed by atoms with E-state index in [9.17, 15) is 18.3 Å². The van der Waals surface area contributed by atoms with Gasteiger partial charge >= 0.3 is 6.18 Å². The Labute approximate surface area is 85.0 Å². The van der Waals surface area contributed by atoms with Crippen LogP contribution < -0.4 is 0 Å². The minimum Gasteiger partial charge on any atom is -0.508 e. The Morgan fingerprint density at radius 2 is 1.93 bits per heavy atom. The van der Waals surface area contributed by atoms with Crippen molar-refractivity contribution in [3.63, 3.8) is 0 Å². The molecule has 0 amide bonds. The molecule has 1 rings (SSSR count). The zero-order chi connectivity index (χ0) is 11.6. The van der Waals surface area contributed by atoms with Gasteiger partial charge in [0.2, 0.25) is 0 Å². The van der Waals surface area contributed by atoms with E-state index in [2.05, 4.69) is 0 Å². The van der Waals surface area contributed by atoms with Gasteiger partial charge in [0.15, 0.2) is 6.10 Å². The van der Waals surface area contributed by atoms with Gasteiger partial charge in [0.05, 0.1) is 0 Å². The fourth-order valence-corrected chi connectivity index (χ4v) is 1.25. The molecule has 84 valence electrons. The van der Waals surface area contributed by atoms with Crippen LogP contribution in [0.25, 0.3) is 0 Å². The van der Waals surface area contributed by atoms with Gasteiger partial charge in [-0.05, 0) is 29.7 Å². The summed E-state index contributed by atoms with van der Waals surface area (Å²) >= 11 is 0. The van der Waals surface area contributed by atoms with E-state index in [0.717, 1.165) is 18.2 Å². The first-order chi connectivity index (χ1) is 6.86. The van der Waals surface area contributed by atoms with E-state index in [1.807, 2.05) is 0 Å². The monoisotopic (exact) mass is 220 g/mol. The summed E-state index contributed by atoms with van der Waals surface area (Å²) in [5, 5.41) is 18.2. The van der Waals surface area contributed by atoms with Gasteiger partial charge in [0.1, 0.15) is 5.75 Å². The van der Waals surface area contributed by atoms with Crippen molar-refractivity contribution in [2.75, 3.05) is 0 Å². The zero-order valence-corrected chi connectivity index (χ0v) is 8.04. The van der Waals surface area contributed by atoms with E-state index < -0.39 is 12.3 Å². The highest BCUT2D eigenvalue weighted by atomic mass is 19.4. The maximum absolute atomic E-state index is 12.2. The zero-order valence-electron chi connectivity index (χ0n) is 8.04. The normalized spacial score (nSPS) is 13.9. The van der Waals surface area contributed by atoms with Crippen molar-refractivity contribution in [3.05, 3.63) is 29.3 Å². The van der Waals surface area contributed by atoms with Crippen LogP contribution in [0.4, 0.5) is 13.2 Å². The molecule has 5 heteroatoms. The van der Waals surface area contributed by atoms with Crippen LogP contribution in [0.1, 0.15) is 24.2 Å². The maximum Gasteiger partial charge on any atom is 0.418 e. The summed E-state index contributed by atoms with van der Waals surface area (Å²) in [5.41, 5.74) is 0.132. The molecule has 0 bridgehead atoms. The van der Waals surface area contributed by atoms with E-state index in [-0.39, 0.29) is 11.3 Å². The first kappa shape index (κ1) is 11.8. The predicted molar refractivity (Wildman–Crippen MR) is 48.5 cm³/mol. The van der Waals surface area contributed by atoms with Gasteiger partial charge in [-0.2, -0.15) is 13.2 Å². The summed E-state index contributed by atoms with van der Waals surface area (Å²) in [7, 11) is 0. The number of alkyl halides is 3. The Balaban J connectivity index is 3.06. The van der Waals surface area contributed by atoms with Crippen molar-refractivity contribution >= 4 is 0 Å². The Morgan fingerprint density at radius 1 is 1.33 bits per heavy atom. The molecule has 0 fully saturated rings. The molecular weight excluding hydrogens is 209 g/mol. The lowest BCUT2D eigenvalue weighted by Gasteiger charge is -2.15. The lowest BCUT2D eigenvalue weighted by molar-refractivity contribution is -0.206. The number of benzene rings is 1. The Hall–Kier alpha value is -1.23. The van der Waals surface area contributed by atoms with E-state index in [1.54, 1.807) is 6.92 Å². The second-order valence-electron chi connectivity index (χ2n) is 3.19. The molecule has 0 radical (unpaired) electrons. The van der Waals surface area contributed by atoms with E-state index in [4.69, 9.17) is 5.11 Å². The number of aryl methyl sites for hydroxylation is 1. The SMILES string of the molecule is CCc1cc([C@H](O)C(F)(F)F)ccc1O. The number of phenols is 1. The molecule has 1 atom stereocenters. The minimum absolute atomic E-state index is 0.0596. The number of aliphatic hydroxyl groups is 1. The topological polar surface area (TPSA) is 40.5 Å². The summed E-state index contributed by atoms with van der Waals surface area (Å²) in [6.45, 7) is 1.71. The third-order valence-corrected chi connectivity index (χ3v) is 2.11. The molecule has 2 N–H and O–H groups in total. The van der Waals surface area contributed by atoms with Crippen LogP contribution in [-0.4, -0.2) is 16.4 Å². The number of hydrogen-bond acceptors (Lipinski definition) is 2. The molecule has 1 aromatic carbocycles. The maximum atomic E-state index is 12.2. The van der Waals surface area contributed by atoms with E-state index in [1.165, 1.54) is 0 Å². The molecule has 0 unspecified atom stereocenters. The number of phenolic OH excluding ortho intramolecular Hbond substituents is 1. The fourth-order valence-electron chi connectivity index (χ4n) is 1.25. The Bertz CT molecular complexity index is 347. The predicted octanol–water partition coefficient (Wildman–Crippen LogP) is 2.55. The molecule has 1 aromatic rings. The summed E-state index contributed by atoms with van der Waals surface area (Å²) in [6.07, 6.45) is -6.77. The minimum atomic E-state index is -4.68. The molecule has 0 aromatic heterocycles. The molecule has 15 heavy (non-hydrogen) atoms. The van der Waals surface area contributed by atoms with Gasteiger partial charge in [-0.15, -0.1) is 0 Å². The number of rotatable bonds is 2. The summed E-state index contributed by atoms with van der Waals surface area (Å²) in [6, 6.07) is 3.38. The largest absolute Gasteiger partial charge is 0.508 e. The van der Waals surface area contributed by atoms with Crippen molar-refractivity contribution in [1.82, 2.24) is 0 Å². The third kappa shape index (κ3) is 2.62.